The van der Waals surface area contributed by atoms with E-state index in [1.807, 2.05) is 0 Å². The molecule has 2 aromatic carbocycles. The highest BCUT2D eigenvalue weighted by atomic mass is 16.6. The van der Waals surface area contributed by atoms with Crippen molar-refractivity contribution in [3.05, 3.63) is 63.7 Å². The minimum absolute atomic E-state index is 0.0542. The van der Waals surface area contributed by atoms with E-state index in [1.165, 1.54) is 37.6 Å². The highest BCUT2D eigenvalue weighted by Gasteiger charge is 2.10. The summed E-state index contributed by atoms with van der Waals surface area (Å²) in [4.78, 5) is 21.9. The summed E-state index contributed by atoms with van der Waals surface area (Å²) in [6, 6.07) is 9.92. The van der Waals surface area contributed by atoms with Crippen LogP contribution in [0.5, 0.6) is 11.5 Å². The molecule has 23 heavy (non-hydrogen) atoms. The van der Waals surface area contributed by atoms with E-state index in [0.29, 0.717) is 11.3 Å². The summed E-state index contributed by atoms with van der Waals surface area (Å²) in [6.45, 7) is 0. The van der Waals surface area contributed by atoms with Gasteiger partial charge in [0.1, 0.15) is 0 Å². The monoisotopic (exact) mass is 315 g/mol. The van der Waals surface area contributed by atoms with E-state index in [1.54, 1.807) is 12.1 Å². The number of ether oxygens (including phenoxy) is 1. The quantitative estimate of drug-likeness (QED) is 0.498. The second-order valence-corrected chi connectivity index (χ2v) is 4.44. The third-order valence-corrected chi connectivity index (χ3v) is 2.90. The van der Waals surface area contributed by atoms with E-state index < -0.39 is 10.8 Å². The number of nitro groups is 1. The van der Waals surface area contributed by atoms with Crippen molar-refractivity contribution in [2.45, 2.75) is 0 Å². The zero-order valence-corrected chi connectivity index (χ0v) is 12.1. The molecule has 1 amide bonds. The molecule has 0 atom stereocenters. The molecule has 0 aliphatic heterocycles. The average Bonchev–Trinajstić information content (AvgIpc) is 2.55. The molecule has 2 aromatic rings. The molecular weight excluding hydrogens is 302 g/mol. The van der Waals surface area contributed by atoms with Gasteiger partial charge in [0.15, 0.2) is 11.5 Å². The number of aromatic hydroxyl groups is 1. The number of phenols is 1. The number of non-ortho nitro benzene ring substituents is 1. The summed E-state index contributed by atoms with van der Waals surface area (Å²) in [5.41, 5.74) is 2.74. The van der Waals surface area contributed by atoms with Gasteiger partial charge < -0.3 is 9.84 Å². The number of nitro benzene ring substituents is 1. The highest BCUT2D eigenvalue weighted by molar-refractivity contribution is 5.95. The molecular formula is C15H13N3O5. The van der Waals surface area contributed by atoms with Crippen molar-refractivity contribution in [2.75, 3.05) is 7.11 Å². The fraction of sp³-hybridized carbons (Fsp3) is 0.0667. The number of phenolic OH excluding ortho intramolecular Hbond substituents is 1. The topological polar surface area (TPSA) is 114 Å². The van der Waals surface area contributed by atoms with E-state index in [0.717, 1.165) is 6.07 Å². The fourth-order valence-corrected chi connectivity index (χ4v) is 1.78. The summed E-state index contributed by atoms with van der Waals surface area (Å²) in [5, 5.41) is 24.0. The van der Waals surface area contributed by atoms with Gasteiger partial charge in [0.25, 0.3) is 11.6 Å². The van der Waals surface area contributed by atoms with Crippen molar-refractivity contribution in [1.29, 1.82) is 0 Å². The van der Waals surface area contributed by atoms with Crippen molar-refractivity contribution in [3.8, 4) is 11.5 Å². The maximum atomic E-state index is 11.9. The number of amides is 1. The van der Waals surface area contributed by atoms with Crippen LogP contribution in [0.1, 0.15) is 15.9 Å². The van der Waals surface area contributed by atoms with Gasteiger partial charge in [-0.05, 0) is 29.8 Å². The van der Waals surface area contributed by atoms with Crippen LogP contribution in [0.15, 0.2) is 47.6 Å². The van der Waals surface area contributed by atoms with Crippen molar-refractivity contribution in [2.24, 2.45) is 5.10 Å². The maximum Gasteiger partial charge on any atom is 0.271 e. The number of nitrogens with one attached hydrogen (secondary N) is 1. The Morgan fingerprint density at radius 2 is 2.13 bits per heavy atom. The Balaban J connectivity index is 2.05. The van der Waals surface area contributed by atoms with Crippen LogP contribution in [0.25, 0.3) is 0 Å². The van der Waals surface area contributed by atoms with E-state index in [9.17, 15) is 20.0 Å². The molecule has 0 bridgehead atoms. The van der Waals surface area contributed by atoms with Gasteiger partial charge in [0.2, 0.25) is 0 Å². The first-order chi connectivity index (χ1) is 11.0. The fourth-order valence-electron chi connectivity index (χ4n) is 1.78. The molecule has 0 saturated carbocycles. The van der Waals surface area contributed by atoms with Crippen LogP contribution in [0.4, 0.5) is 5.69 Å². The summed E-state index contributed by atoms with van der Waals surface area (Å²) >= 11 is 0. The lowest BCUT2D eigenvalue weighted by molar-refractivity contribution is -0.384. The lowest BCUT2D eigenvalue weighted by atomic mass is 10.2. The SMILES string of the molecule is COc1ccc(/C=N\NC(=O)c2cccc([N+](=O)[O-])c2)cc1O. The normalized spacial score (nSPS) is 10.5. The Morgan fingerprint density at radius 1 is 1.35 bits per heavy atom. The average molecular weight is 315 g/mol. The first kappa shape index (κ1) is 16.0. The molecule has 0 radical (unpaired) electrons. The van der Waals surface area contributed by atoms with Crippen molar-refractivity contribution in [1.82, 2.24) is 5.43 Å². The maximum absolute atomic E-state index is 11.9. The minimum Gasteiger partial charge on any atom is -0.504 e. The first-order valence-corrected chi connectivity index (χ1v) is 6.46. The summed E-state index contributed by atoms with van der Waals surface area (Å²) in [6.07, 6.45) is 1.33. The molecule has 0 unspecified atom stereocenters. The number of carbonyl (C=O) groups excluding carboxylic acids is 1. The Labute approximate surface area is 131 Å². The Hall–Kier alpha value is -3.42. The number of hydrogen-bond acceptors (Lipinski definition) is 6. The van der Waals surface area contributed by atoms with E-state index in [4.69, 9.17) is 4.74 Å². The summed E-state index contributed by atoms with van der Waals surface area (Å²) < 4.78 is 4.91. The Morgan fingerprint density at radius 3 is 2.78 bits per heavy atom. The van der Waals surface area contributed by atoms with Crippen molar-refractivity contribution < 1.29 is 19.6 Å². The predicted molar refractivity (Wildman–Crippen MR) is 82.8 cm³/mol. The molecule has 0 aliphatic carbocycles. The lowest BCUT2D eigenvalue weighted by Gasteiger charge is -2.03. The molecule has 2 rings (SSSR count). The number of nitrogens with zero attached hydrogens (tertiary/aromatic N) is 2. The van der Waals surface area contributed by atoms with E-state index in [2.05, 4.69) is 10.5 Å². The van der Waals surface area contributed by atoms with Crippen LogP contribution in [0, 0.1) is 10.1 Å². The van der Waals surface area contributed by atoms with Gasteiger partial charge in [-0.2, -0.15) is 5.10 Å². The number of hydrazone groups is 1. The van der Waals surface area contributed by atoms with Gasteiger partial charge in [-0.1, -0.05) is 6.07 Å². The highest BCUT2D eigenvalue weighted by Crippen LogP contribution is 2.25. The Bertz CT molecular complexity index is 773. The lowest BCUT2D eigenvalue weighted by Crippen LogP contribution is -2.17. The summed E-state index contributed by atoms with van der Waals surface area (Å²) in [7, 11) is 1.43. The largest absolute Gasteiger partial charge is 0.504 e. The molecule has 8 nitrogen and oxygen atoms in total. The number of methoxy groups -OCH3 is 1. The number of rotatable bonds is 5. The van der Waals surface area contributed by atoms with Gasteiger partial charge >= 0.3 is 0 Å². The predicted octanol–water partition coefficient (Wildman–Crippen LogP) is 2.07. The molecule has 0 fully saturated rings. The second-order valence-electron chi connectivity index (χ2n) is 4.44. The second kappa shape index (κ2) is 7.03. The standard InChI is InChI=1S/C15H13N3O5/c1-23-14-6-5-10(7-13(14)19)9-16-17-15(20)11-3-2-4-12(8-11)18(21)22/h2-9,19H,1H3,(H,17,20)/b16-9-. The molecule has 0 saturated heterocycles. The molecule has 0 aromatic heterocycles. The Kier molecular flexibility index (Phi) is 4.88. The number of benzene rings is 2. The van der Waals surface area contributed by atoms with Crippen LogP contribution >= 0.6 is 0 Å². The number of carbonyl (C=O) groups is 1. The van der Waals surface area contributed by atoms with Crippen molar-refractivity contribution >= 4 is 17.8 Å². The molecule has 8 heteroatoms. The summed E-state index contributed by atoms with van der Waals surface area (Å²) in [5.74, 6) is -0.313. The third kappa shape index (κ3) is 4.03. The zero-order chi connectivity index (χ0) is 16.8. The van der Waals surface area contributed by atoms with Gasteiger partial charge in [0, 0.05) is 17.7 Å². The van der Waals surface area contributed by atoms with Gasteiger partial charge in [0.05, 0.1) is 18.2 Å². The van der Waals surface area contributed by atoms with Crippen LogP contribution in [0.3, 0.4) is 0 Å². The molecule has 2 N–H and O–H groups in total. The van der Waals surface area contributed by atoms with E-state index >= 15 is 0 Å². The van der Waals surface area contributed by atoms with Gasteiger partial charge in [-0.25, -0.2) is 5.43 Å². The first-order valence-electron chi connectivity index (χ1n) is 6.46. The van der Waals surface area contributed by atoms with Crippen molar-refractivity contribution in [3.63, 3.8) is 0 Å². The number of hydrogen-bond donors (Lipinski definition) is 2. The molecule has 0 aliphatic rings. The van der Waals surface area contributed by atoms with Crippen LogP contribution in [-0.2, 0) is 0 Å². The molecule has 0 heterocycles. The molecule has 0 spiro atoms. The zero-order valence-electron chi connectivity index (χ0n) is 12.1. The van der Waals surface area contributed by atoms with E-state index in [-0.39, 0.29) is 17.0 Å². The van der Waals surface area contributed by atoms with Crippen LogP contribution in [0.2, 0.25) is 0 Å². The van der Waals surface area contributed by atoms with Crippen LogP contribution in [-0.4, -0.2) is 29.3 Å². The van der Waals surface area contributed by atoms with Gasteiger partial charge in [-0.15, -0.1) is 0 Å². The molecule has 118 valence electrons. The smallest absolute Gasteiger partial charge is 0.271 e. The van der Waals surface area contributed by atoms with Gasteiger partial charge in [-0.3, -0.25) is 14.9 Å². The third-order valence-electron chi connectivity index (χ3n) is 2.90. The van der Waals surface area contributed by atoms with Crippen LogP contribution < -0.4 is 10.2 Å². The minimum atomic E-state index is -0.583.